The average molecular weight is 436 g/mol. The van der Waals surface area contributed by atoms with Gasteiger partial charge in [0.15, 0.2) is 9.84 Å². The van der Waals surface area contributed by atoms with E-state index in [9.17, 15) is 8.42 Å². The minimum atomic E-state index is -3.45. The minimum absolute atomic E-state index is 0.0731. The summed E-state index contributed by atoms with van der Waals surface area (Å²) in [5.74, 6) is 0.846. The summed E-state index contributed by atoms with van der Waals surface area (Å²) in [4.78, 5) is 11.5. The van der Waals surface area contributed by atoms with Gasteiger partial charge >= 0.3 is 0 Å². The van der Waals surface area contributed by atoms with Crippen LogP contribution in [0.15, 0.2) is 77.3 Å². The largest absolute Gasteiger partial charge is 0.349 e. The van der Waals surface area contributed by atoms with E-state index in [0.717, 1.165) is 36.0 Å². The lowest BCUT2D eigenvalue weighted by Crippen LogP contribution is -2.23. The maximum Gasteiger partial charge on any atom is 0.184 e. The number of pyridine rings is 1. The van der Waals surface area contributed by atoms with Crippen molar-refractivity contribution in [1.82, 2.24) is 9.97 Å². The van der Waals surface area contributed by atoms with Crippen LogP contribution >= 0.6 is 11.3 Å². The molecule has 5 nitrogen and oxygen atoms in total. The van der Waals surface area contributed by atoms with Crippen molar-refractivity contribution in [3.63, 3.8) is 0 Å². The van der Waals surface area contributed by atoms with Gasteiger partial charge in [-0.15, -0.1) is 11.3 Å². The molecule has 0 N–H and O–H groups in total. The SMILES string of the molecule is O=S(=O)(Cc1nccs1)c1ccc2c(N3CCC[C@@H]3c3ccccc3)nccc2c1. The maximum absolute atomic E-state index is 12.9. The summed E-state index contributed by atoms with van der Waals surface area (Å²) in [6.07, 6.45) is 5.60. The molecule has 30 heavy (non-hydrogen) atoms. The van der Waals surface area contributed by atoms with E-state index in [1.807, 2.05) is 18.2 Å². The highest BCUT2D eigenvalue weighted by Gasteiger charge is 2.28. The van der Waals surface area contributed by atoms with Gasteiger partial charge in [-0.25, -0.2) is 18.4 Å². The Hall–Kier alpha value is -2.77. The Balaban J connectivity index is 1.52. The second-order valence-corrected chi connectivity index (χ2v) is 10.4. The summed E-state index contributed by atoms with van der Waals surface area (Å²) < 4.78 is 25.7. The monoisotopic (exact) mass is 435 g/mol. The predicted molar refractivity (Wildman–Crippen MR) is 121 cm³/mol. The number of sulfone groups is 1. The second-order valence-electron chi connectivity index (χ2n) is 7.46. The Morgan fingerprint density at radius 3 is 2.70 bits per heavy atom. The first kappa shape index (κ1) is 19.2. The van der Waals surface area contributed by atoms with Crippen LogP contribution in [0.1, 0.15) is 29.5 Å². The number of fused-ring (bicyclic) bond motifs is 1. The molecular weight excluding hydrogens is 414 g/mol. The molecule has 1 aliphatic rings. The van der Waals surface area contributed by atoms with E-state index < -0.39 is 9.84 Å². The molecule has 1 saturated heterocycles. The van der Waals surface area contributed by atoms with Gasteiger partial charge in [0.1, 0.15) is 16.6 Å². The third-order valence-corrected chi connectivity index (χ3v) is 8.17. The van der Waals surface area contributed by atoms with E-state index in [2.05, 4.69) is 39.1 Å². The van der Waals surface area contributed by atoms with E-state index in [1.54, 1.807) is 29.9 Å². The number of rotatable bonds is 5. The van der Waals surface area contributed by atoms with Crippen molar-refractivity contribution in [3.05, 3.63) is 82.9 Å². The summed E-state index contributed by atoms with van der Waals surface area (Å²) >= 11 is 1.36. The highest BCUT2D eigenvalue weighted by Crippen LogP contribution is 2.38. The number of hydrogen-bond donors (Lipinski definition) is 0. The molecule has 4 aromatic rings. The Bertz CT molecular complexity index is 1270. The molecule has 0 unspecified atom stereocenters. The first-order valence-electron chi connectivity index (χ1n) is 9.93. The Kier molecular flexibility index (Phi) is 5.00. The molecule has 5 rings (SSSR count). The summed E-state index contributed by atoms with van der Waals surface area (Å²) in [5, 5.41) is 4.27. The van der Waals surface area contributed by atoms with Gasteiger partial charge in [-0.05, 0) is 48.1 Å². The molecule has 152 valence electrons. The topological polar surface area (TPSA) is 63.2 Å². The molecule has 2 aromatic heterocycles. The fraction of sp³-hybridized carbons (Fsp3) is 0.217. The smallest absolute Gasteiger partial charge is 0.184 e. The van der Waals surface area contributed by atoms with Gasteiger partial charge in [0.05, 0.1) is 10.9 Å². The molecule has 2 aromatic carbocycles. The predicted octanol–water partition coefficient (Wildman–Crippen LogP) is 5.01. The molecule has 0 aliphatic carbocycles. The fourth-order valence-electron chi connectivity index (χ4n) is 4.17. The number of benzene rings is 2. The summed E-state index contributed by atoms with van der Waals surface area (Å²) in [5.41, 5.74) is 1.29. The second kappa shape index (κ2) is 7.81. The Labute approximate surface area is 180 Å². The van der Waals surface area contributed by atoms with Crippen molar-refractivity contribution < 1.29 is 8.42 Å². The summed E-state index contributed by atoms with van der Waals surface area (Å²) in [7, 11) is -3.45. The van der Waals surface area contributed by atoms with Gasteiger partial charge < -0.3 is 4.90 Å². The van der Waals surface area contributed by atoms with Crippen LogP contribution in [-0.2, 0) is 15.6 Å². The fourth-order valence-corrected chi connectivity index (χ4v) is 6.46. The highest BCUT2D eigenvalue weighted by atomic mass is 32.2. The molecule has 0 amide bonds. The molecule has 1 atom stereocenters. The van der Waals surface area contributed by atoms with Crippen LogP contribution in [-0.4, -0.2) is 24.9 Å². The minimum Gasteiger partial charge on any atom is -0.349 e. The number of aromatic nitrogens is 2. The molecule has 1 fully saturated rings. The van der Waals surface area contributed by atoms with Crippen LogP contribution in [0.3, 0.4) is 0 Å². The van der Waals surface area contributed by atoms with Crippen molar-refractivity contribution in [1.29, 1.82) is 0 Å². The third kappa shape index (κ3) is 3.59. The van der Waals surface area contributed by atoms with Crippen molar-refractivity contribution >= 4 is 37.8 Å². The van der Waals surface area contributed by atoms with E-state index in [-0.39, 0.29) is 11.8 Å². The summed E-state index contributed by atoms with van der Waals surface area (Å²) in [6, 6.07) is 18.0. The summed E-state index contributed by atoms with van der Waals surface area (Å²) in [6.45, 7) is 0.940. The van der Waals surface area contributed by atoms with Crippen molar-refractivity contribution in [2.24, 2.45) is 0 Å². The number of anilines is 1. The van der Waals surface area contributed by atoms with Gasteiger partial charge in [-0.1, -0.05) is 30.3 Å². The number of hydrogen-bond acceptors (Lipinski definition) is 6. The van der Waals surface area contributed by atoms with Gasteiger partial charge in [0.25, 0.3) is 0 Å². The molecule has 0 radical (unpaired) electrons. The molecule has 7 heteroatoms. The van der Waals surface area contributed by atoms with Crippen molar-refractivity contribution in [3.8, 4) is 0 Å². The highest BCUT2D eigenvalue weighted by molar-refractivity contribution is 7.90. The maximum atomic E-state index is 12.9. The van der Waals surface area contributed by atoms with Crippen molar-refractivity contribution in [2.45, 2.75) is 29.5 Å². The van der Waals surface area contributed by atoms with Crippen LogP contribution in [0, 0.1) is 0 Å². The number of nitrogens with zero attached hydrogens (tertiary/aromatic N) is 3. The zero-order valence-electron chi connectivity index (χ0n) is 16.3. The number of thiazole rings is 1. The molecular formula is C23H21N3O2S2. The standard InChI is InChI=1S/C23H21N3O2S2/c27-30(28,16-22-24-12-14-29-22)19-8-9-20-18(15-19)10-11-25-23(20)26-13-4-7-21(26)17-5-2-1-3-6-17/h1-3,5-6,8-12,14-15,21H,4,7,13,16H2/t21-/m1/s1. The Morgan fingerprint density at radius 1 is 1.03 bits per heavy atom. The van der Waals surface area contributed by atoms with E-state index >= 15 is 0 Å². The van der Waals surface area contributed by atoms with Crippen LogP contribution in [0.4, 0.5) is 5.82 Å². The van der Waals surface area contributed by atoms with Crippen LogP contribution in [0.2, 0.25) is 0 Å². The van der Waals surface area contributed by atoms with Crippen LogP contribution < -0.4 is 4.90 Å². The lowest BCUT2D eigenvalue weighted by molar-refractivity contribution is 0.595. The zero-order chi connectivity index (χ0) is 20.6. The quantitative estimate of drug-likeness (QED) is 0.441. The normalized spacial score (nSPS) is 16.9. The van der Waals surface area contributed by atoms with E-state index in [0.29, 0.717) is 9.90 Å². The van der Waals surface area contributed by atoms with E-state index in [1.165, 1.54) is 16.9 Å². The van der Waals surface area contributed by atoms with Crippen LogP contribution in [0.25, 0.3) is 10.8 Å². The molecule has 0 spiro atoms. The van der Waals surface area contributed by atoms with Gasteiger partial charge in [0, 0.05) is 29.7 Å². The first-order valence-corrected chi connectivity index (χ1v) is 12.5. The third-order valence-electron chi connectivity index (χ3n) is 5.58. The van der Waals surface area contributed by atoms with Crippen LogP contribution in [0.5, 0.6) is 0 Å². The lowest BCUT2D eigenvalue weighted by Gasteiger charge is -2.27. The molecule has 0 bridgehead atoms. The first-order chi connectivity index (χ1) is 14.6. The van der Waals surface area contributed by atoms with E-state index in [4.69, 9.17) is 0 Å². The molecule has 0 saturated carbocycles. The molecule has 3 heterocycles. The van der Waals surface area contributed by atoms with Gasteiger partial charge in [0.2, 0.25) is 0 Å². The van der Waals surface area contributed by atoms with Crippen molar-refractivity contribution in [2.75, 3.05) is 11.4 Å². The van der Waals surface area contributed by atoms with Gasteiger partial charge in [-0.2, -0.15) is 0 Å². The lowest BCUT2D eigenvalue weighted by atomic mass is 10.0. The molecule has 1 aliphatic heterocycles. The van der Waals surface area contributed by atoms with Gasteiger partial charge in [-0.3, -0.25) is 0 Å². The Morgan fingerprint density at radius 2 is 1.90 bits per heavy atom. The zero-order valence-corrected chi connectivity index (χ0v) is 17.9. The average Bonchev–Trinajstić information content (AvgIpc) is 3.45.